The van der Waals surface area contributed by atoms with Gasteiger partial charge in [-0.2, -0.15) is 0 Å². The summed E-state index contributed by atoms with van der Waals surface area (Å²) in [6.07, 6.45) is 4.66. The van der Waals surface area contributed by atoms with E-state index in [0.29, 0.717) is 5.56 Å². The highest BCUT2D eigenvalue weighted by molar-refractivity contribution is 6.10. The number of hydrogen-bond acceptors (Lipinski definition) is 2. The third-order valence-corrected chi connectivity index (χ3v) is 3.86. The van der Waals surface area contributed by atoms with Gasteiger partial charge in [-0.15, -0.1) is 0 Å². The average molecular weight is 240 g/mol. The summed E-state index contributed by atoms with van der Waals surface area (Å²) >= 11 is 0. The molecule has 3 rings (SSSR count). The minimum Gasteiger partial charge on any atom is -0.507 e. The van der Waals surface area contributed by atoms with E-state index in [4.69, 9.17) is 0 Å². The van der Waals surface area contributed by atoms with Gasteiger partial charge in [-0.3, -0.25) is 4.79 Å². The molecule has 92 valence electrons. The van der Waals surface area contributed by atoms with Crippen LogP contribution in [-0.4, -0.2) is 10.9 Å². The average Bonchev–Trinajstić information content (AvgIpc) is 2.37. The Bertz CT molecular complexity index is 641. The molecule has 0 amide bonds. The molecule has 0 spiro atoms. The zero-order valence-corrected chi connectivity index (χ0v) is 10.5. The number of rotatable bonds is 1. The van der Waals surface area contributed by atoms with Gasteiger partial charge in [-0.05, 0) is 60.6 Å². The van der Waals surface area contributed by atoms with Crippen LogP contribution in [0.1, 0.15) is 41.3 Å². The van der Waals surface area contributed by atoms with Crippen LogP contribution in [0.3, 0.4) is 0 Å². The molecule has 0 bridgehead atoms. The lowest BCUT2D eigenvalue weighted by Gasteiger charge is -2.19. The number of Topliss-reactive ketones (excluding diaryl/α,β-unsaturated/α-hetero) is 1. The largest absolute Gasteiger partial charge is 0.507 e. The molecular formula is C16H16O2. The van der Waals surface area contributed by atoms with Crippen molar-refractivity contribution < 1.29 is 9.90 Å². The molecule has 2 aromatic carbocycles. The standard InChI is InChI=1S/C16H16O2/c1-10(17)16-14-7-6-11-4-2-3-5-12(11)13(14)8-9-15(16)18/h6-9,18H,2-5H2,1H3. The first-order chi connectivity index (χ1) is 8.68. The summed E-state index contributed by atoms with van der Waals surface area (Å²) in [7, 11) is 0. The first kappa shape index (κ1) is 11.3. The zero-order valence-electron chi connectivity index (χ0n) is 10.5. The molecule has 1 aliphatic rings. The monoisotopic (exact) mass is 240 g/mol. The molecule has 0 heterocycles. The number of carbonyl (C=O) groups excluding carboxylic acids is 1. The van der Waals surface area contributed by atoms with Gasteiger partial charge in [0.15, 0.2) is 5.78 Å². The van der Waals surface area contributed by atoms with E-state index in [1.807, 2.05) is 12.1 Å². The summed E-state index contributed by atoms with van der Waals surface area (Å²) in [6.45, 7) is 1.51. The van der Waals surface area contributed by atoms with E-state index in [0.717, 1.165) is 23.6 Å². The lowest BCUT2D eigenvalue weighted by molar-refractivity contribution is 0.101. The van der Waals surface area contributed by atoms with Gasteiger partial charge in [-0.1, -0.05) is 18.2 Å². The van der Waals surface area contributed by atoms with E-state index in [-0.39, 0.29) is 11.5 Å². The molecule has 2 aromatic rings. The number of carbonyl (C=O) groups is 1. The van der Waals surface area contributed by atoms with Gasteiger partial charge in [0.1, 0.15) is 5.75 Å². The molecule has 1 N–H and O–H groups in total. The van der Waals surface area contributed by atoms with Gasteiger partial charge in [0.05, 0.1) is 5.56 Å². The molecule has 0 saturated carbocycles. The van der Waals surface area contributed by atoms with Crippen molar-refractivity contribution in [2.24, 2.45) is 0 Å². The second kappa shape index (κ2) is 4.13. The van der Waals surface area contributed by atoms with E-state index in [1.54, 1.807) is 6.07 Å². The van der Waals surface area contributed by atoms with Crippen LogP contribution in [0.25, 0.3) is 10.8 Å². The molecular weight excluding hydrogens is 224 g/mol. The van der Waals surface area contributed by atoms with Crippen molar-refractivity contribution in [2.75, 3.05) is 0 Å². The number of hydrogen-bond donors (Lipinski definition) is 1. The van der Waals surface area contributed by atoms with Crippen molar-refractivity contribution in [1.29, 1.82) is 0 Å². The second-order valence-corrected chi connectivity index (χ2v) is 5.02. The Balaban J connectivity index is 2.37. The first-order valence-electron chi connectivity index (χ1n) is 6.46. The Morgan fingerprint density at radius 1 is 1.06 bits per heavy atom. The van der Waals surface area contributed by atoms with Gasteiger partial charge < -0.3 is 5.11 Å². The fourth-order valence-corrected chi connectivity index (χ4v) is 3.02. The normalized spacial score (nSPS) is 14.5. The lowest BCUT2D eigenvalue weighted by Crippen LogP contribution is -2.04. The van der Waals surface area contributed by atoms with Crippen LogP contribution in [0.5, 0.6) is 5.75 Å². The van der Waals surface area contributed by atoms with Crippen molar-refractivity contribution in [1.82, 2.24) is 0 Å². The molecule has 2 nitrogen and oxygen atoms in total. The van der Waals surface area contributed by atoms with Gasteiger partial charge in [0, 0.05) is 0 Å². The fraction of sp³-hybridized carbons (Fsp3) is 0.312. The van der Waals surface area contributed by atoms with Gasteiger partial charge >= 0.3 is 0 Å². The summed E-state index contributed by atoms with van der Waals surface area (Å²) in [5.41, 5.74) is 3.22. The third-order valence-electron chi connectivity index (χ3n) is 3.86. The molecule has 0 saturated heterocycles. The Hall–Kier alpha value is -1.83. The third kappa shape index (κ3) is 1.60. The highest BCUT2D eigenvalue weighted by atomic mass is 16.3. The molecule has 1 aliphatic carbocycles. The van der Waals surface area contributed by atoms with Crippen LogP contribution in [0, 0.1) is 0 Å². The maximum Gasteiger partial charge on any atom is 0.164 e. The maximum atomic E-state index is 11.7. The van der Waals surface area contributed by atoms with Crippen LogP contribution in [0.2, 0.25) is 0 Å². The summed E-state index contributed by atoms with van der Waals surface area (Å²) in [5, 5.41) is 11.9. The quantitative estimate of drug-likeness (QED) is 0.773. The lowest BCUT2D eigenvalue weighted by atomic mass is 9.86. The van der Waals surface area contributed by atoms with E-state index in [2.05, 4.69) is 6.07 Å². The summed E-state index contributed by atoms with van der Waals surface area (Å²) in [6, 6.07) is 7.69. The van der Waals surface area contributed by atoms with Crippen LogP contribution in [-0.2, 0) is 12.8 Å². The highest BCUT2D eigenvalue weighted by Crippen LogP contribution is 2.34. The summed E-state index contributed by atoms with van der Waals surface area (Å²) in [4.78, 5) is 11.7. The Morgan fingerprint density at radius 3 is 2.56 bits per heavy atom. The molecule has 18 heavy (non-hydrogen) atoms. The number of ketones is 1. The second-order valence-electron chi connectivity index (χ2n) is 5.02. The van der Waals surface area contributed by atoms with Crippen LogP contribution >= 0.6 is 0 Å². The van der Waals surface area contributed by atoms with Crippen molar-refractivity contribution in [2.45, 2.75) is 32.6 Å². The van der Waals surface area contributed by atoms with Gasteiger partial charge in [0.25, 0.3) is 0 Å². The van der Waals surface area contributed by atoms with E-state index in [9.17, 15) is 9.90 Å². The van der Waals surface area contributed by atoms with E-state index >= 15 is 0 Å². The predicted molar refractivity (Wildman–Crippen MR) is 72.3 cm³/mol. The SMILES string of the molecule is CC(=O)c1c(O)ccc2c3c(ccc12)CCCC3. The fourth-order valence-electron chi connectivity index (χ4n) is 3.02. The Morgan fingerprint density at radius 2 is 1.78 bits per heavy atom. The van der Waals surface area contributed by atoms with E-state index in [1.165, 1.54) is 30.9 Å². The van der Waals surface area contributed by atoms with Crippen LogP contribution in [0.4, 0.5) is 0 Å². The molecule has 2 heteroatoms. The van der Waals surface area contributed by atoms with Gasteiger partial charge in [0.2, 0.25) is 0 Å². The van der Waals surface area contributed by atoms with Gasteiger partial charge in [-0.25, -0.2) is 0 Å². The summed E-state index contributed by atoms with van der Waals surface area (Å²) in [5.74, 6) is 0.0135. The van der Waals surface area contributed by atoms with Crippen molar-refractivity contribution in [3.8, 4) is 5.75 Å². The summed E-state index contributed by atoms with van der Waals surface area (Å²) < 4.78 is 0. The van der Waals surface area contributed by atoms with Crippen molar-refractivity contribution in [3.05, 3.63) is 41.0 Å². The van der Waals surface area contributed by atoms with E-state index < -0.39 is 0 Å². The minimum atomic E-state index is -0.0751. The number of aromatic hydroxyl groups is 1. The molecule has 0 unspecified atom stereocenters. The predicted octanol–water partition coefficient (Wildman–Crippen LogP) is 3.63. The topological polar surface area (TPSA) is 37.3 Å². The Kier molecular flexibility index (Phi) is 2.58. The van der Waals surface area contributed by atoms with Crippen LogP contribution < -0.4 is 0 Å². The maximum absolute atomic E-state index is 11.7. The molecule has 0 atom stereocenters. The number of phenols is 1. The molecule has 0 radical (unpaired) electrons. The number of aryl methyl sites for hydroxylation is 2. The molecule has 0 fully saturated rings. The number of phenolic OH excluding ortho intramolecular Hbond substituents is 1. The highest BCUT2D eigenvalue weighted by Gasteiger charge is 2.17. The minimum absolute atomic E-state index is 0.0751. The number of fused-ring (bicyclic) bond motifs is 3. The Labute approximate surface area is 106 Å². The zero-order chi connectivity index (χ0) is 12.7. The molecule has 0 aliphatic heterocycles. The number of benzene rings is 2. The van der Waals surface area contributed by atoms with Crippen molar-refractivity contribution in [3.63, 3.8) is 0 Å². The van der Waals surface area contributed by atoms with Crippen LogP contribution in [0.15, 0.2) is 24.3 Å². The smallest absolute Gasteiger partial charge is 0.164 e. The first-order valence-corrected chi connectivity index (χ1v) is 6.46. The molecule has 0 aromatic heterocycles. The van der Waals surface area contributed by atoms with Crippen molar-refractivity contribution >= 4 is 16.6 Å².